The summed E-state index contributed by atoms with van der Waals surface area (Å²) >= 11 is 0. The van der Waals surface area contributed by atoms with Gasteiger partial charge < -0.3 is 4.90 Å². The van der Waals surface area contributed by atoms with Gasteiger partial charge in [-0.05, 0) is 18.8 Å². The molecule has 1 saturated heterocycles. The number of nitrogens with one attached hydrogen (secondary N) is 1. The van der Waals surface area contributed by atoms with E-state index in [9.17, 15) is 13.2 Å². The second-order valence-corrected chi connectivity index (χ2v) is 6.42. The summed E-state index contributed by atoms with van der Waals surface area (Å²) in [4.78, 5) is 13.8. The van der Waals surface area contributed by atoms with Gasteiger partial charge in [-0.1, -0.05) is 13.8 Å². The molecule has 0 spiro atoms. The van der Waals surface area contributed by atoms with Crippen molar-refractivity contribution in [1.29, 1.82) is 0 Å². The molecule has 0 aromatic heterocycles. The van der Waals surface area contributed by atoms with Gasteiger partial charge in [0.05, 0.1) is 6.26 Å². The van der Waals surface area contributed by atoms with E-state index in [1.807, 2.05) is 13.8 Å². The molecule has 1 fully saturated rings. The quantitative estimate of drug-likeness (QED) is 0.772. The van der Waals surface area contributed by atoms with E-state index in [0.717, 1.165) is 32.2 Å². The molecule has 1 aliphatic rings. The normalized spacial score (nSPS) is 19.1. The molecule has 1 aliphatic heterocycles. The fourth-order valence-electron chi connectivity index (χ4n) is 1.84. The molecule has 0 saturated carbocycles. The Bertz CT molecular complexity index is 345. The number of carbonyl (C=O) groups excluding carboxylic acids is 1. The largest absolute Gasteiger partial charge is 0.341 e. The fourth-order valence-corrected chi connectivity index (χ4v) is 2.67. The van der Waals surface area contributed by atoms with E-state index in [4.69, 9.17) is 0 Å². The van der Waals surface area contributed by atoms with Crippen molar-refractivity contribution in [2.45, 2.75) is 32.7 Å². The van der Waals surface area contributed by atoms with Crippen LogP contribution in [-0.4, -0.2) is 44.6 Å². The Balaban J connectivity index is 2.73. The maximum absolute atomic E-state index is 12.1. The van der Waals surface area contributed by atoms with Crippen LogP contribution in [0, 0.1) is 5.92 Å². The molecule has 94 valence electrons. The maximum Gasteiger partial charge on any atom is 0.241 e. The van der Waals surface area contributed by atoms with Crippen molar-refractivity contribution < 1.29 is 13.2 Å². The molecule has 0 aromatic rings. The Morgan fingerprint density at radius 3 is 2.12 bits per heavy atom. The van der Waals surface area contributed by atoms with Crippen LogP contribution >= 0.6 is 0 Å². The first-order chi connectivity index (χ1) is 7.31. The van der Waals surface area contributed by atoms with Gasteiger partial charge in [0.15, 0.2) is 0 Å². The minimum absolute atomic E-state index is 0.0391. The zero-order chi connectivity index (χ0) is 12.3. The molecule has 0 unspecified atom stereocenters. The van der Waals surface area contributed by atoms with Crippen molar-refractivity contribution in [1.82, 2.24) is 9.62 Å². The van der Waals surface area contributed by atoms with Gasteiger partial charge in [-0.15, -0.1) is 0 Å². The average molecular weight is 248 g/mol. The zero-order valence-corrected chi connectivity index (χ0v) is 10.9. The van der Waals surface area contributed by atoms with E-state index >= 15 is 0 Å². The minimum atomic E-state index is -3.34. The number of hydrogen-bond acceptors (Lipinski definition) is 3. The van der Waals surface area contributed by atoms with E-state index < -0.39 is 16.1 Å². The molecule has 5 nitrogen and oxygen atoms in total. The number of carbonyl (C=O) groups is 1. The van der Waals surface area contributed by atoms with Gasteiger partial charge >= 0.3 is 0 Å². The summed E-state index contributed by atoms with van der Waals surface area (Å²) in [6, 6.07) is -0.631. The van der Waals surface area contributed by atoms with E-state index in [1.54, 1.807) is 4.90 Å². The summed E-state index contributed by atoms with van der Waals surface area (Å²) in [6.07, 6.45) is 3.10. The summed E-state index contributed by atoms with van der Waals surface area (Å²) in [6.45, 7) is 5.18. The van der Waals surface area contributed by atoms with Crippen molar-refractivity contribution in [2.75, 3.05) is 19.3 Å². The van der Waals surface area contributed by atoms with Crippen LogP contribution in [0.5, 0.6) is 0 Å². The lowest BCUT2D eigenvalue weighted by molar-refractivity contribution is -0.132. The van der Waals surface area contributed by atoms with Crippen molar-refractivity contribution in [3.05, 3.63) is 0 Å². The van der Waals surface area contributed by atoms with Crippen molar-refractivity contribution in [3.63, 3.8) is 0 Å². The summed E-state index contributed by atoms with van der Waals surface area (Å²) in [7, 11) is -3.34. The predicted octanol–water partition coefficient (Wildman–Crippen LogP) is 0.183. The van der Waals surface area contributed by atoms with Crippen LogP contribution in [0.4, 0.5) is 0 Å². The molecule has 1 N–H and O–H groups in total. The fraction of sp³-hybridized carbons (Fsp3) is 0.900. The van der Waals surface area contributed by atoms with Crippen LogP contribution < -0.4 is 4.72 Å². The maximum atomic E-state index is 12.1. The van der Waals surface area contributed by atoms with Crippen molar-refractivity contribution >= 4 is 15.9 Å². The Labute approximate surface area is 97.2 Å². The third-order valence-corrected chi connectivity index (χ3v) is 3.37. The Kier molecular flexibility index (Phi) is 4.32. The highest BCUT2D eigenvalue weighted by Crippen LogP contribution is 2.13. The molecule has 1 amide bonds. The first-order valence-corrected chi connectivity index (χ1v) is 7.46. The highest BCUT2D eigenvalue weighted by Gasteiger charge is 2.30. The molecular formula is C10H20N2O3S. The number of rotatable bonds is 4. The molecule has 6 heteroatoms. The van der Waals surface area contributed by atoms with Crippen LogP contribution in [0.2, 0.25) is 0 Å². The lowest BCUT2D eigenvalue weighted by atomic mass is 10.0. The predicted molar refractivity (Wildman–Crippen MR) is 62.4 cm³/mol. The Morgan fingerprint density at radius 1 is 1.25 bits per heavy atom. The van der Waals surface area contributed by atoms with Gasteiger partial charge in [0.25, 0.3) is 0 Å². The Hall–Kier alpha value is -0.620. The topological polar surface area (TPSA) is 66.5 Å². The standard InChI is InChI=1S/C10H20N2O3S/c1-8(2)9(11-16(3,14)15)10(13)12-6-4-5-7-12/h8-9,11H,4-7H2,1-3H3/t9-/m0/s1. The van der Waals surface area contributed by atoms with Crippen molar-refractivity contribution in [3.8, 4) is 0 Å². The van der Waals surface area contributed by atoms with Gasteiger partial charge in [-0.2, -0.15) is 0 Å². The lowest BCUT2D eigenvalue weighted by Crippen LogP contribution is -2.50. The number of sulfonamides is 1. The molecule has 0 radical (unpaired) electrons. The van der Waals surface area contributed by atoms with Crippen LogP contribution in [0.15, 0.2) is 0 Å². The molecule has 0 aromatic carbocycles. The first kappa shape index (κ1) is 13.4. The van der Waals surface area contributed by atoms with Crippen LogP contribution in [0.25, 0.3) is 0 Å². The summed E-state index contributed by atoms with van der Waals surface area (Å²) in [5.41, 5.74) is 0. The van der Waals surface area contributed by atoms with E-state index in [-0.39, 0.29) is 11.8 Å². The SMILES string of the molecule is CC(C)[C@H](NS(C)(=O)=O)C(=O)N1CCCC1. The number of amides is 1. The summed E-state index contributed by atoms with van der Waals surface area (Å²) in [5.74, 6) is -0.138. The van der Waals surface area contributed by atoms with E-state index in [0.29, 0.717) is 0 Å². The molecule has 16 heavy (non-hydrogen) atoms. The molecule has 0 bridgehead atoms. The minimum Gasteiger partial charge on any atom is -0.341 e. The van der Waals surface area contributed by atoms with Crippen LogP contribution in [-0.2, 0) is 14.8 Å². The molecule has 1 heterocycles. The van der Waals surface area contributed by atoms with Crippen molar-refractivity contribution in [2.24, 2.45) is 5.92 Å². The van der Waals surface area contributed by atoms with E-state index in [2.05, 4.69) is 4.72 Å². The lowest BCUT2D eigenvalue weighted by Gasteiger charge is -2.25. The number of hydrogen-bond donors (Lipinski definition) is 1. The van der Waals surface area contributed by atoms with Gasteiger partial charge in [-0.3, -0.25) is 4.79 Å². The van der Waals surface area contributed by atoms with Gasteiger partial charge in [0.1, 0.15) is 6.04 Å². The Morgan fingerprint density at radius 2 is 1.75 bits per heavy atom. The van der Waals surface area contributed by atoms with E-state index in [1.165, 1.54) is 0 Å². The summed E-state index contributed by atoms with van der Waals surface area (Å²) < 4.78 is 24.8. The van der Waals surface area contributed by atoms with Crippen LogP contribution in [0.1, 0.15) is 26.7 Å². The second kappa shape index (κ2) is 5.14. The molecule has 1 atom stereocenters. The highest BCUT2D eigenvalue weighted by molar-refractivity contribution is 7.88. The highest BCUT2D eigenvalue weighted by atomic mass is 32.2. The zero-order valence-electron chi connectivity index (χ0n) is 10.1. The summed E-state index contributed by atoms with van der Waals surface area (Å²) in [5, 5.41) is 0. The third kappa shape index (κ3) is 3.75. The van der Waals surface area contributed by atoms with Gasteiger partial charge in [0.2, 0.25) is 15.9 Å². The second-order valence-electron chi connectivity index (χ2n) is 4.64. The third-order valence-electron chi connectivity index (χ3n) is 2.69. The smallest absolute Gasteiger partial charge is 0.241 e. The number of likely N-dealkylation sites (tertiary alicyclic amines) is 1. The monoisotopic (exact) mass is 248 g/mol. The molecule has 0 aliphatic carbocycles. The van der Waals surface area contributed by atoms with Crippen LogP contribution in [0.3, 0.4) is 0 Å². The van der Waals surface area contributed by atoms with Gasteiger partial charge in [0, 0.05) is 13.1 Å². The molecule has 1 rings (SSSR count). The first-order valence-electron chi connectivity index (χ1n) is 5.57. The molecular weight excluding hydrogens is 228 g/mol. The van der Waals surface area contributed by atoms with Gasteiger partial charge in [-0.25, -0.2) is 13.1 Å². The number of nitrogens with zero attached hydrogens (tertiary/aromatic N) is 1. The average Bonchev–Trinajstić information content (AvgIpc) is 2.63.